The van der Waals surface area contributed by atoms with Crippen molar-refractivity contribution in [3.05, 3.63) is 54.9 Å². The van der Waals surface area contributed by atoms with E-state index in [1.165, 1.54) is 24.4 Å². The average molecular weight is 391 g/mol. The van der Waals surface area contributed by atoms with Crippen LogP contribution in [0, 0.1) is 0 Å². The van der Waals surface area contributed by atoms with Gasteiger partial charge in [0.15, 0.2) is 11.6 Å². The summed E-state index contributed by atoms with van der Waals surface area (Å²) in [5, 5.41) is 3.03. The molecule has 0 aliphatic carbocycles. The van der Waals surface area contributed by atoms with Gasteiger partial charge in [-0.2, -0.15) is 13.2 Å². The minimum absolute atomic E-state index is 0.0415. The molecule has 9 heteroatoms. The van der Waals surface area contributed by atoms with Crippen molar-refractivity contribution in [1.29, 1.82) is 0 Å². The number of nitrogens with one attached hydrogen (secondary N) is 1. The highest BCUT2D eigenvalue weighted by Gasteiger charge is 2.30. The van der Waals surface area contributed by atoms with Crippen LogP contribution in [-0.4, -0.2) is 46.5 Å². The molecule has 1 aromatic heterocycles. The second kappa shape index (κ2) is 7.87. The predicted molar refractivity (Wildman–Crippen MR) is 100 cm³/mol. The first-order valence-electron chi connectivity index (χ1n) is 8.73. The zero-order valence-electron chi connectivity index (χ0n) is 15.3. The van der Waals surface area contributed by atoms with Gasteiger partial charge in [0.25, 0.3) is 0 Å². The number of aromatic nitrogens is 2. The first-order valence-corrected chi connectivity index (χ1v) is 8.73. The highest BCUT2D eigenvalue weighted by Crippen LogP contribution is 2.31. The third-order valence-electron chi connectivity index (χ3n) is 4.54. The van der Waals surface area contributed by atoms with Crippen LogP contribution in [-0.2, 0) is 11.0 Å². The third kappa shape index (κ3) is 4.24. The summed E-state index contributed by atoms with van der Waals surface area (Å²) in [6.45, 7) is 7.09. The number of nitrogens with zero attached hydrogens (tertiary/aromatic N) is 4. The molecular formula is C19H20F3N5O. The van der Waals surface area contributed by atoms with Gasteiger partial charge in [-0.05, 0) is 37.3 Å². The molecule has 28 heavy (non-hydrogen) atoms. The van der Waals surface area contributed by atoms with Gasteiger partial charge < -0.3 is 15.1 Å². The van der Waals surface area contributed by atoms with Crippen molar-refractivity contribution in [1.82, 2.24) is 14.9 Å². The molecule has 2 aromatic rings. The number of carbonyl (C=O) groups excluding carboxylic acids is 1. The molecule has 0 spiro atoms. The van der Waals surface area contributed by atoms with Gasteiger partial charge in [-0.3, -0.25) is 4.79 Å². The van der Waals surface area contributed by atoms with Crippen LogP contribution in [0.4, 0.5) is 30.5 Å². The van der Waals surface area contributed by atoms with Crippen molar-refractivity contribution in [2.75, 3.05) is 29.9 Å². The molecule has 0 bridgehead atoms. The number of benzene rings is 1. The lowest BCUT2D eigenvalue weighted by molar-refractivity contribution is -0.137. The maximum absolute atomic E-state index is 12.7. The van der Waals surface area contributed by atoms with Crippen LogP contribution in [0.5, 0.6) is 0 Å². The van der Waals surface area contributed by atoms with Crippen LogP contribution in [0.3, 0.4) is 0 Å². The Balaban J connectivity index is 1.77. The Morgan fingerprint density at radius 2 is 1.89 bits per heavy atom. The van der Waals surface area contributed by atoms with E-state index in [9.17, 15) is 18.0 Å². The number of hydrogen-bond acceptors (Lipinski definition) is 5. The molecule has 1 saturated heterocycles. The van der Waals surface area contributed by atoms with Crippen LogP contribution < -0.4 is 10.2 Å². The van der Waals surface area contributed by atoms with Crippen molar-refractivity contribution in [2.24, 2.45) is 0 Å². The fourth-order valence-electron chi connectivity index (χ4n) is 3.12. The van der Waals surface area contributed by atoms with E-state index in [4.69, 9.17) is 0 Å². The Labute approximate surface area is 160 Å². The number of amides is 1. The Hall–Kier alpha value is -3.10. The van der Waals surface area contributed by atoms with Gasteiger partial charge in [0, 0.05) is 43.8 Å². The van der Waals surface area contributed by atoms with Gasteiger partial charge in [0.2, 0.25) is 5.91 Å². The molecule has 1 amide bonds. The molecule has 1 aromatic carbocycles. The van der Waals surface area contributed by atoms with Gasteiger partial charge in [-0.15, -0.1) is 0 Å². The maximum Gasteiger partial charge on any atom is 0.416 e. The van der Waals surface area contributed by atoms with Crippen molar-refractivity contribution in [3.63, 3.8) is 0 Å². The number of piperazine rings is 1. The smallest absolute Gasteiger partial charge is 0.350 e. The molecule has 148 valence electrons. The summed E-state index contributed by atoms with van der Waals surface area (Å²) in [5.41, 5.74) is -0.238. The van der Waals surface area contributed by atoms with Crippen LogP contribution in [0.15, 0.2) is 49.3 Å². The number of halogens is 3. The Kier molecular flexibility index (Phi) is 5.53. The summed E-state index contributed by atoms with van der Waals surface area (Å²) < 4.78 is 38.2. The molecule has 1 aliphatic rings. The monoisotopic (exact) mass is 391 g/mol. The van der Waals surface area contributed by atoms with Crippen molar-refractivity contribution < 1.29 is 18.0 Å². The van der Waals surface area contributed by atoms with Crippen LogP contribution in [0.2, 0.25) is 0 Å². The topological polar surface area (TPSA) is 61.4 Å². The van der Waals surface area contributed by atoms with E-state index in [1.807, 2.05) is 11.8 Å². The second-order valence-electron chi connectivity index (χ2n) is 6.46. The van der Waals surface area contributed by atoms with Gasteiger partial charge >= 0.3 is 6.18 Å². The molecular weight excluding hydrogens is 371 g/mol. The van der Waals surface area contributed by atoms with Gasteiger partial charge in [-0.25, -0.2) is 9.97 Å². The molecule has 1 aliphatic heterocycles. The highest BCUT2D eigenvalue weighted by atomic mass is 19.4. The summed E-state index contributed by atoms with van der Waals surface area (Å²) in [5.74, 6) is 0.910. The molecule has 1 atom stereocenters. The molecule has 1 fully saturated rings. The van der Waals surface area contributed by atoms with E-state index in [1.54, 1.807) is 11.1 Å². The average Bonchev–Trinajstić information content (AvgIpc) is 2.67. The van der Waals surface area contributed by atoms with Gasteiger partial charge in [0.1, 0.15) is 0 Å². The number of rotatable bonds is 4. The molecule has 1 N–H and O–H groups in total. The maximum atomic E-state index is 12.7. The quantitative estimate of drug-likeness (QED) is 0.809. The van der Waals surface area contributed by atoms with E-state index in [0.29, 0.717) is 37.0 Å². The zero-order chi connectivity index (χ0) is 20.3. The first-order chi connectivity index (χ1) is 13.3. The Morgan fingerprint density at radius 1 is 1.21 bits per heavy atom. The molecule has 0 radical (unpaired) electrons. The zero-order valence-corrected chi connectivity index (χ0v) is 15.3. The summed E-state index contributed by atoms with van der Waals surface area (Å²) in [4.78, 5) is 24.3. The van der Waals surface area contributed by atoms with E-state index in [0.717, 1.165) is 12.1 Å². The van der Waals surface area contributed by atoms with Crippen molar-refractivity contribution >= 4 is 23.2 Å². The van der Waals surface area contributed by atoms with Crippen LogP contribution >= 0.6 is 0 Å². The van der Waals surface area contributed by atoms with Crippen molar-refractivity contribution in [2.45, 2.75) is 19.1 Å². The normalized spacial score (nSPS) is 17.4. The fraction of sp³-hybridized carbons (Fsp3) is 0.316. The number of hydrogen-bond donors (Lipinski definition) is 1. The summed E-state index contributed by atoms with van der Waals surface area (Å²) >= 11 is 0. The van der Waals surface area contributed by atoms with Crippen molar-refractivity contribution in [3.8, 4) is 0 Å². The van der Waals surface area contributed by atoms with E-state index in [2.05, 4.69) is 21.9 Å². The van der Waals surface area contributed by atoms with Crippen LogP contribution in [0.1, 0.15) is 12.5 Å². The lowest BCUT2D eigenvalue weighted by Crippen LogP contribution is -2.54. The first kappa shape index (κ1) is 19.7. The lowest BCUT2D eigenvalue weighted by atomic mass is 10.2. The molecule has 6 nitrogen and oxygen atoms in total. The van der Waals surface area contributed by atoms with Crippen LogP contribution in [0.25, 0.3) is 0 Å². The predicted octanol–water partition coefficient (Wildman–Crippen LogP) is 3.46. The SMILES string of the molecule is C=CC(=O)N1CCN(c2nccnc2Nc2ccc(C(F)(F)F)cc2)C[C@H]1C. The third-order valence-corrected chi connectivity index (χ3v) is 4.54. The van der Waals surface area contributed by atoms with E-state index in [-0.39, 0.29) is 11.9 Å². The highest BCUT2D eigenvalue weighted by molar-refractivity contribution is 5.87. The Morgan fingerprint density at radius 3 is 2.50 bits per heavy atom. The molecule has 3 rings (SSSR count). The van der Waals surface area contributed by atoms with Gasteiger partial charge in [0.05, 0.1) is 5.56 Å². The number of anilines is 3. The summed E-state index contributed by atoms with van der Waals surface area (Å²) in [7, 11) is 0. The number of carbonyl (C=O) groups is 1. The largest absolute Gasteiger partial charge is 0.416 e. The standard InChI is InChI=1S/C19H20F3N5O/c1-3-16(28)27-11-10-26(12-13(27)2)18-17(23-8-9-24-18)25-15-6-4-14(5-7-15)19(20,21)22/h3-9,13H,1,10-12H2,2H3,(H,23,25)/t13-/m1/s1. The minimum atomic E-state index is -4.38. The molecule has 0 unspecified atom stereocenters. The lowest BCUT2D eigenvalue weighted by Gasteiger charge is -2.40. The number of alkyl halides is 3. The Bertz CT molecular complexity index is 853. The van der Waals surface area contributed by atoms with E-state index < -0.39 is 11.7 Å². The van der Waals surface area contributed by atoms with Gasteiger partial charge in [-0.1, -0.05) is 6.58 Å². The molecule has 0 saturated carbocycles. The fourth-order valence-corrected chi connectivity index (χ4v) is 3.12. The van der Waals surface area contributed by atoms with E-state index >= 15 is 0 Å². The minimum Gasteiger partial charge on any atom is -0.350 e. The summed E-state index contributed by atoms with van der Waals surface area (Å²) in [6, 6.07) is 4.69. The second-order valence-corrected chi connectivity index (χ2v) is 6.46. The summed E-state index contributed by atoms with van der Waals surface area (Å²) in [6.07, 6.45) is -0.0168. The molecule has 2 heterocycles.